The highest BCUT2D eigenvalue weighted by atomic mass is 16.5. The standard InChI is InChI=1S/C11H19N3O/c1-11(4-3-5-12-9-11)15-8-10-6-13-14(2)7-10/h6-7,12H,3-5,8-9H2,1-2H3. The van der Waals surface area contributed by atoms with Crippen LogP contribution in [0.5, 0.6) is 0 Å². The highest BCUT2D eigenvalue weighted by Crippen LogP contribution is 2.21. The first-order valence-corrected chi connectivity index (χ1v) is 5.50. The lowest BCUT2D eigenvalue weighted by molar-refractivity contribution is -0.0571. The van der Waals surface area contributed by atoms with Crippen molar-refractivity contribution in [3.8, 4) is 0 Å². The van der Waals surface area contributed by atoms with Crippen LogP contribution in [0.25, 0.3) is 0 Å². The Morgan fingerprint density at radius 3 is 3.13 bits per heavy atom. The van der Waals surface area contributed by atoms with Crippen LogP contribution in [0.3, 0.4) is 0 Å². The number of aromatic nitrogens is 2. The molecule has 0 amide bonds. The zero-order chi connectivity index (χ0) is 10.7. The molecule has 0 radical (unpaired) electrons. The third-order valence-corrected chi connectivity index (χ3v) is 2.90. The van der Waals surface area contributed by atoms with Gasteiger partial charge in [-0.3, -0.25) is 4.68 Å². The summed E-state index contributed by atoms with van der Waals surface area (Å²) in [4.78, 5) is 0. The molecule has 4 nitrogen and oxygen atoms in total. The van der Waals surface area contributed by atoms with Gasteiger partial charge in [-0.15, -0.1) is 0 Å². The van der Waals surface area contributed by atoms with E-state index in [1.807, 2.05) is 19.4 Å². The molecule has 1 atom stereocenters. The van der Waals surface area contributed by atoms with Gasteiger partial charge in [0.1, 0.15) is 0 Å². The molecule has 84 valence electrons. The minimum atomic E-state index is -0.00586. The molecule has 0 aliphatic carbocycles. The summed E-state index contributed by atoms with van der Waals surface area (Å²) in [5.74, 6) is 0. The molecule has 1 aromatic heterocycles. The van der Waals surface area contributed by atoms with Crippen molar-refractivity contribution in [3.05, 3.63) is 18.0 Å². The molecule has 4 heteroatoms. The zero-order valence-corrected chi connectivity index (χ0v) is 9.49. The van der Waals surface area contributed by atoms with E-state index in [1.165, 1.54) is 6.42 Å². The first kappa shape index (κ1) is 10.6. The topological polar surface area (TPSA) is 39.1 Å². The Morgan fingerprint density at radius 2 is 2.53 bits per heavy atom. The summed E-state index contributed by atoms with van der Waals surface area (Å²) in [6.45, 7) is 4.90. The van der Waals surface area contributed by atoms with Gasteiger partial charge in [-0.2, -0.15) is 5.10 Å². The monoisotopic (exact) mass is 209 g/mol. The average molecular weight is 209 g/mol. The summed E-state index contributed by atoms with van der Waals surface area (Å²) >= 11 is 0. The number of hydrogen-bond acceptors (Lipinski definition) is 3. The maximum absolute atomic E-state index is 5.95. The van der Waals surface area contributed by atoms with Crippen LogP contribution in [-0.4, -0.2) is 28.5 Å². The Kier molecular flexibility index (Phi) is 3.07. The van der Waals surface area contributed by atoms with Crippen molar-refractivity contribution in [2.45, 2.75) is 32.0 Å². The summed E-state index contributed by atoms with van der Waals surface area (Å²) < 4.78 is 7.76. The first-order chi connectivity index (χ1) is 7.18. The predicted octanol–water partition coefficient (Wildman–Crippen LogP) is 1.08. The van der Waals surface area contributed by atoms with E-state index in [4.69, 9.17) is 4.74 Å². The zero-order valence-electron chi connectivity index (χ0n) is 9.49. The minimum absolute atomic E-state index is 0.00586. The van der Waals surface area contributed by atoms with E-state index in [2.05, 4.69) is 17.3 Å². The Morgan fingerprint density at radius 1 is 1.67 bits per heavy atom. The van der Waals surface area contributed by atoms with E-state index in [-0.39, 0.29) is 5.60 Å². The van der Waals surface area contributed by atoms with E-state index in [1.54, 1.807) is 4.68 Å². The summed E-state index contributed by atoms with van der Waals surface area (Å²) in [6, 6.07) is 0. The van der Waals surface area contributed by atoms with Gasteiger partial charge in [-0.1, -0.05) is 0 Å². The van der Waals surface area contributed by atoms with Gasteiger partial charge in [0.25, 0.3) is 0 Å². The molecule has 0 bridgehead atoms. The Bertz CT molecular complexity index is 315. The van der Waals surface area contributed by atoms with Gasteiger partial charge in [-0.05, 0) is 26.3 Å². The Balaban J connectivity index is 1.86. The second-order valence-corrected chi connectivity index (χ2v) is 4.54. The van der Waals surface area contributed by atoms with E-state index >= 15 is 0 Å². The second kappa shape index (κ2) is 4.33. The van der Waals surface area contributed by atoms with Crippen molar-refractivity contribution >= 4 is 0 Å². The molecule has 1 unspecified atom stereocenters. The van der Waals surface area contributed by atoms with Gasteiger partial charge in [0.2, 0.25) is 0 Å². The quantitative estimate of drug-likeness (QED) is 0.809. The van der Waals surface area contributed by atoms with Crippen molar-refractivity contribution < 1.29 is 4.74 Å². The molecular weight excluding hydrogens is 190 g/mol. The molecule has 1 aromatic rings. The van der Waals surface area contributed by atoms with Crippen molar-refractivity contribution in [2.75, 3.05) is 13.1 Å². The van der Waals surface area contributed by atoms with Crippen LogP contribution in [0.2, 0.25) is 0 Å². The molecule has 0 saturated carbocycles. The predicted molar refractivity (Wildman–Crippen MR) is 58.5 cm³/mol. The van der Waals surface area contributed by atoms with Crippen LogP contribution in [0, 0.1) is 0 Å². The van der Waals surface area contributed by atoms with Crippen LogP contribution in [0.4, 0.5) is 0 Å². The molecule has 2 heterocycles. The van der Waals surface area contributed by atoms with Crippen LogP contribution in [0.1, 0.15) is 25.3 Å². The van der Waals surface area contributed by atoms with Crippen LogP contribution >= 0.6 is 0 Å². The van der Waals surface area contributed by atoms with Gasteiger partial charge in [0.05, 0.1) is 18.4 Å². The Hall–Kier alpha value is -0.870. The fourth-order valence-corrected chi connectivity index (χ4v) is 1.96. The van der Waals surface area contributed by atoms with E-state index in [0.717, 1.165) is 25.1 Å². The maximum atomic E-state index is 5.95. The van der Waals surface area contributed by atoms with Gasteiger partial charge < -0.3 is 10.1 Å². The number of piperidine rings is 1. The number of hydrogen-bond donors (Lipinski definition) is 1. The third kappa shape index (κ3) is 2.79. The van der Waals surface area contributed by atoms with Gasteiger partial charge in [0.15, 0.2) is 0 Å². The number of rotatable bonds is 3. The van der Waals surface area contributed by atoms with Crippen molar-refractivity contribution in [1.82, 2.24) is 15.1 Å². The number of aryl methyl sites for hydroxylation is 1. The lowest BCUT2D eigenvalue weighted by Crippen LogP contribution is -2.45. The Labute approximate surface area is 90.6 Å². The SMILES string of the molecule is Cn1cc(COC2(C)CCCNC2)cn1. The van der Waals surface area contributed by atoms with Crippen molar-refractivity contribution in [3.63, 3.8) is 0 Å². The maximum Gasteiger partial charge on any atom is 0.0783 e. The fraction of sp³-hybridized carbons (Fsp3) is 0.727. The first-order valence-electron chi connectivity index (χ1n) is 5.50. The summed E-state index contributed by atoms with van der Waals surface area (Å²) in [6.07, 6.45) is 6.20. The molecule has 1 N–H and O–H groups in total. The molecule has 0 aromatic carbocycles. The fourth-order valence-electron chi connectivity index (χ4n) is 1.96. The highest BCUT2D eigenvalue weighted by molar-refractivity contribution is 5.02. The van der Waals surface area contributed by atoms with Crippen molar-refractivity contribution in [2.24, 2.45) is 7.05 Å². The molecule has 1 aliphatic heterocycles. The molecule has 2 rings (SSSR count). The molecule has 0 spiro atoms. The third-order valence-electron chi connectivity index (χ3n) is 2.90. The van der Waals surface area contributed by atoms with Gasteiger partial charge in [0, 0.05) is 25.4 Å². The smallest absolute Gasteiger partial charge is 0.0783 e. The van der Waals surface area contributed by atoms with Crippen LogP contribution in [-0.2, 0) is 18.4 Å². The number of ether oxygens (including phenoxy) is 1. The van der Waals surface area contributed by atoms with Gasteiger partial charge >= 0.3 is 0 Å². The van der Waals surface area contributed by atoms with E-state index < -0.39 is 0 Å². The highest BCUT2D eigenvalue weighted by Gasteiger charge is 2.27. The molecule has 1 fully saturated rings. The van der Waals surface area contributed by atoms with Crippen LogP contribution in [0.15, 0.2) is 12.4 Å². The molecule has 1 saturated heterocycles. The summed E-state index contributed by atoms with van der Waals surface area (Å²) in [5.41, 5.74) is 1.14. The molecular formula is C11H19N3O. The number of nitrogens with zero attached hydrogens (tertiary/aromatic N) is 2. The molecule has 15 heavy (non-hydrogen) atoms. The average Bonchev–Trinajstić information content (AvgIpc) is 2.63. The van der Waals surface area contributed by atoms with Gasteiger partial charge in [-0.25, -0.2) is 0 Å². The van der Waals surface area contributed by atoms with E-state index in [0.29, 0.717) is 6.61 Å². The summed E-state index contributed by atoms with van der Waals surface area (Å²) in [5, 5.41) is 7.50. The summed E-state index contributed by atoms with van der Waals surface area (Å²) in [7, 11) is 1.92. The van der Waals surface area contributed by atoms with E-state index in [9.17, 15) is 0 Å². The number of nitrogens with one attached hydrogen (secondary N) is 1. The largest absolute Gasteiger partial charge is 0.369 e. The normalized spacial score (nSPS) is 26.8. The van der Waals surface area contributed by atoms with Crippen LogP contribution < -0.4 is 5.32 Å². The minimum Gasteiger partial charge on any atom is -0.369 e. The lowest BCUT2D eigenvalue weighted by atomic mass is 9.96. The lowest BCUT2D eigenvalue weighted by Gasteiger charge is -2.34. The van der Waals surface area contributed by atoms with Crippen molar-refractivity contribution in [1.29, 1.82) is 0 Å². The molecule has 1 aliphatic rings. The second-order valence-electron chi connectivity index (χ2n) is 4.54.